The largest absolute Gasteiger partial charge is 0.346 e. The summed E-state index contributed by atoms with van der Waals surface area (Å²) in [4.78, 5) is 12.7. The lowest BCUT2D eigenvalue weighted by molar-refractivity contribution is -0.220. The maximum absolute atomic E-state index is 12.7. The molecule has 0 heterocycles. The summed E-state index contributed by atoms with van der Waals surface area (Å²) < 4.78 is 11.6. The second kappa shape index (κ2) is 7.34. The maximum atomic E-state index is 12.7. The molecular formula is C18H22O3. The standard InChI is InChI=1S/C18H22O3/c1-3-20-18(21-4-2)13-9-8-12-16(18)17(19)14-15-10-6-5-7-11-15/h5-13,16H,3-4,14H2,1-2H3. The Labute approximate surface area is 126 Å². The van der Waals surface area contributed by atoms with Crippen molar-refractivity contribution in [2.45, 2.75) is 26.1 Å². The number of hydrogen-bond acceptors (Lipinski definition) is 3. The van der Waals surface area contributed by atoms with E-state index in [9.17, 15) is 4.79 Å². The van der Waals surface area contributed by atoms with Gasteiger partial charge in [-0.3, -0.25) is 4.79 Å². The van der Waals surface area contributed by atoms with Crippen molar-refractivity contribution in [3.05, 3.63) is 60.2 Å². The minimum atomic E-state index is -0.968. The van der Waals surface area contributed by atoms with Gasteiger partial charge in [0.1, 0.15) is 5.78 Å². The summed E-state index contributed by atoms with van der Waals surface area (Å²) >= 11 is 0. The van der Waals surface area contributed by atoms with Crippen molar-refractivity contribution in [3.63, 3.8) is 0 Å². The molecule has 0 saturated heterocycles. The second-order valence-corrected chi connectivity index (χ2v) is 4.94. The highest BCUT2D eigenvalue weighted by molar-refractivity contribution is 5.86. The van der Waals surface area contributed by atoms with Gasteiger partial charge in [-0.15, -0.1) is 0 Å². The van der Waals surface area contributed by atoms with E-state index in [-0.39, 0.29) is 5.78 Å². The van der Waals surface area contributed by atoms with Gasteiger partial charge in [0.15, 0.2) is 0 Å². The normalized spacial score (nSPS) is 19.6. The molecule has 1 unspecified atom stereocenters. The zero-order valence-electron chi connectivity index (χ0n) is 12.6. The van der Waals surface area contributed by atoms with Gasteiger partial charge < -0.3 is 9.47 Å². The number of rotatable bonds is 7. The summed E-state index contributed by atoms with van der Waals surface area (Å²) in [6.45, 7) is 4.80. The first kappa shape index (κ1) is 15.7. The van der Waals surface area contributed by atoms with Gasteiger partial charge in [-0.2, -0.15) is 0 Å². The molecule has 1 aliphatic carbocycles. The Bertz CT molecular complexity index is 511. The van der Waals surface area contributed by atoms with Crippen LogP contribution < -0.4 is 0 Å². The monoisotopic (exact) mass is 286 g/mol. The molecule has 0 radical (unpaired) electrons. The summed E-state index contributed by atoms with van der Waals surface area (Å²) in [6.07, 6.45) is 7.84. The first-order chi connectivity index (χ1) is 10.2. The summed E-state index contributed by atoms with van der Waals surface area (Å²) in [6, 6.07) is 9.75. The van der Waals surface area contributed by atoms with E-state index in [2.05, 4.69) is 0 Å². The van der Waals surface area contributed by atoms with E-state index >= 15 is 0 Å². The molecule has 112 valence electrons. The zero-order chi connectivity index (χ0) is 15.1. The van der Waals surface area contributed by atoms with Crippen molar-refractivity contribution in [2.24, 2.45) is 5.92 Å². The van der Waals surface area contributed by atoms with Gasteiger partial charge in [-0.1, -0.05) is 48.6 Å². The zero-order valence-corrected chi connectivity index (χ0v) is 12.6. The third-order valence-electron chi connectivity index (χ3n) is 3.48. The molecule has 2 rings (SSSR count). The molecule has 3 heteroatoms. The number of ketones is 1. The minimum absolute atomic E-state index is 0.101. The lowest BCUT2D eigenvalue weighted by Gasteiger charge is -2.36. The molecule has 1 aromatic rings. The number of carbonyl (C=O) groups excluding carboxylic acids is 1. The van der Waals surface area contributed by atoms with Crippen LogP contribution in [0.2, 0.25) is 0 Å². The van der Waals surface area contributed by atoms with E-state index < -0.39 is 11.7 Å². The second-order valence-electron chi connectivity index (χ2n) is 4.94. The average Bonchev–Trinajstić information content (AvgIpc) is 2.49. The molecule has 0 amide bonds. The van der Waals surface area contributed by atoms with Crippen LogP contribution in [0.15, 0.2) is 54.6 Å². The van der Waals surface area contributed by atoms with Crippen LogP contribution in [0.4, 0.5) is 0 Å². The summed E-state index contributed by atoms with van der Waals surface area (Å²) in [5.41, 5.74) is 1.01. The van der Waals surface area contributed by atoms with E-state index in [1.54, 1.807) is 0 Å². The lowest BCUT2D eigenvalue weighted by atomic mass is 9.86. The average molecular weight is 286 g/mol. The molecule has 0 spiro atoms. The summed E-state index contributed by atoms with van der Waals surface area (Å²) in [5.74, 6) is -1.28. The third kappa shape index (κ3) is 3.69. The maximum Gasteiger partial charge on any atom is 0.201 e. The molecule has 3 nitrogen and oxygen atoms in total. The number of allylic oxidation sites excluding steroid dienone is 2. The van der Waals surface area contributed by atoms with Gasteiger partial charge in [0.25, 0.3) is 0 Å². The van der Waals surface area contributed by atoms with Crippen molar-refractivity contribution in [3.8, 4) is 0 Å². The van der Waals surface area contributed by atoms with Gasteiger partial charge in [0, 0.05) is 19.6 Å². The lowest BCUT2D eigenvalue weighted by Crippen LogP contribution is -2.46. The van der Waals surface area contributed by atoms with Crippen LogP contribution in [-0.4, -0.2) is 24.8 Å². The molecule has 1 aliphatic rings. The van der Waals surface area contributed by atoms with Crippen LogP contribution in [0.3, 0.4) is 0 Å². The molecule has 0 aliphatic heterocycles. The smallest absolute Gasteiger partial charge is 0.201 e. The number of benzene rings is 1. The Kier molecular flexibility index (Phi) is 5.48. The predicted octanol–water partition coefficient (Wildman–Crippen LogP) is 3.31. The van der Waals surface area contributed by atoms with E-state index in [4.69, 9.17) is 9.47 Å². The molecule has 0 saturated carbocycles. The van der Waals surface area contributed by atoms with Crippen molar-refractivity contribution >= 4 is 5.78 Å². The molecule has 0 bridgehead atoms. The summed E-state index contributed by atoms with van der Waals surface area (Å²) in [7, 11) is 0. The van der Waals surface area contributed by atoms with Crippen molar-refractivity contribution in [1.29, 1.82) is 0 Å². The fourth-order valence-corrected chi connectivity index (χ4v) is 2.61. The SMILES string of the molecule is CCOC1(OCC)C=CC=CC1C(=O)Cc1ccccc1. The third-order valence-corrected chi connectivity index (χ3v) is 3.48. The van der Waals surface area contributed by atoms with Crippen LogP contribution in [0.25, 0.3) is 0 Å². The summed E-state index contributed by atoms with van der Waals surface area (Å²) in [5, 5.41) is 0. The van der Waals surface area contributed by atoms with Crippen LogP contribution in [0, 0.1) is 5.92 Å². The Morgan fingerprint density at radius 3 is 2.38 bits per heavy atom. The van der Waals surface area contributed by atoms with Crippen molar-refractivity contribution in [1.82, 2.24) is 0 Å². The number of ether oxygens (including phenoxy) is 2. The van der Waals surface area contributed by atoms with E-state index in [0.29, 0.717) is 19.6 Å². The van der Waals surface area contributed by atoms with Gasteiger partial charge in [0.2, 0.25) is 5.79 Å². The number of hydrogen-bond donors (Lipinski definition) is 0. The topological polar surface area (TPSA) is 35.5 Å². The number of carbonyl (C=O) groups is 1. The van der Waals surface area contributed by atoms with Crippen LogP contribution in [-0.2, 0) is 20.7 Å². The molecular weight excluding hydrogens is 264 g/mol. The molecule has 1 aromatic carbocycles. The Hall–Kier alpha value is -1.71. The predicted molar refractivity (Wildman–Crippen MR) is 82.9 cm³/mol. The Morgan fingerprint density at radius 1 is 1.10 bits per heavy atom. The van der Waals surface area contributed by atoms with Crippen LogP contribution >= 0.6 is 0 Å². The molecule has 0 aromatic heterocycles. The van der Waals surface area contributed by atoms with Crippen molar-refractivity contribution < 1.29 is 14.3 Å². The molecule has 1 atom stereocenters. The van der Waals surface area contributed by atoms with Crippen LogP contribution in [0.1, 0.15) is 19.4 Å². The van der Waals surface area contributed by atoms with Gasteiger partial charge in [-0.05, 0) is 25.5 Å². The highest BCUT2D eigenvalue weighted by atomic mass is 16.7. The minimum Gasteiger partial charge on any atom is -0.346 e. The number of Topliss-reactive ketones (excluding diaryl/α,β-unsaturated/α-hetero) is 1. The fraction of sp³-hybridized carbons (Fsp3) is 0.389. The fourth-order valence-electron chi connectivity index (χ4n) is 2.61. The molecule has 0 N–H and O–H groups in total. The quantitative estimate of drug-likeness (QED) is 0.721. The first-order valence-electron chi connectivity index (χ1n) is 7.42. The first-order valence-corrected chi connectivity index (χ1v) is 7.42. The highest BCUT2D eigenvalue weighted by Crippen LogP contribution is 2.31. The van der Waals surface area contributed by atoms with E-state index in [1.165, 1.54) is 0 Å². The Morgan fingerprint density at radius 2 is 1.76 bits per heavy atom. The molecule has 21 heavy (non-hydrogen) atoms. The van der Waals surface area contributed by atoms with Crippen molar-refractivity contribution in [2.75, 3.05) is 13.2 Å². The highest BCUT2D eigenvalue weighted by Gasteiger charge is 2.42. The van der Waals surface area contributed by atoms with Gasteiger partial charge in [0.05, 0.1) is 5.92 Å². The van der Waals surface area contributed by atoms with E-state index in [1.807, 2.05) is 68.5 Å². The van der Waals surface area contributed by atoms with Gasteiger partial charge >= 0.3 is 0 Å². The molecule has 0 fully saturated rings. The van der Waals surface area contributed by atoms with Crippen LogP contribution in [0.5, 0.6) is 0 Å². The Balaban J connectivity index is 2.20. The van der Waals surface area contributed by atoms with E-state index in [0.717, 1.165) is 5.56 Å². The van der Waals surface area contributed by atoms with Gasteiger partial charge in [-0.25, -0.2) is 0 Å².